The molecule has 0 aliphatic heterocycles. The molecule has 0 aromatic carbocycles. The topological polar surface area (TPSA) is 37.3 Å². The van der Waals surface area contributed by atoms with Crippen LogP contribution in [-0.2, 0) is 4.79 Å². The van der Waals surface area contributed by atoms with Gasteiger partial charge in [0.15, 0.2) is 0 Å². The summed E-state index contributed by atoms with van der Waals surface area (Å²) in [4.78, 5) is 12.2. The quantitative estimate of drug-likeness (QED) is 0.722. The molecule has 0 saturated heterocycles. The van der Waals surface area contributed by atoms with Gasteiger partial charge >= 0.3 is 0 Å². The fraction of sp³-hybridized carbons (Fsp3) is 0.857. The molecule has 4 aliphatic carbocycles. The number of carbonyl (C=O) groups excluding carboxylic acids is 1. The maximum absolute atomic E-state index is 12.2. The molecule has 0 aromatic heterocycles. The Hall–Kier alpha value is -0.630. The number of ketones is 1. The molecule has 3 saturated carbocycles. The molecule has 23 heavy (non-hydrogen) atoms. The second kappa shape index (κ2) is 5.18. The van der Waals surface area contributed by atoms with Crippen molar-refractivity contribution in [2.75, 3.05) is 0 Å². The summed E-state index contributed by atoms with van der Waals surface area (Å²) in [6.45, 7) is 6.70. The first-order chi connectivity index (χ1) is 10.9. The lowest BCUT2D eigenvalue weighted by Gasteiger charge is -2.57. The van der Waals surface area contributed by atoms with E-state index in [1.165, 1.54) is 25.7 Å². The Morgan fingerprint density at radius 3 is 2.65 bits per heavy atom. The van der Waals surface area contributed by atoms with Crippen LogP contribution in [0.3, 0.4) is 0 Å². The first-order valence-electron chi connectivity index (χ1n) is 9.74. The van der Waals surface area contributed by atoms with Crippen molar-refractivity contribution < 1.29 is 9.90 Å². The number of carbonyl (C=O) groups is 1. The van der Waals surface area contributed by atoms with Crippen LogP contribution in [0.4, 0.5) is 0 Å². The van der Waals surface area contributed by atoms with E-state index in [4.69, 9.17) is 0 Å². The van der Waals surface area contributed by atoms with E-state index in [9.17, 15) is 9.90 Å². The third-order valence-corrected chi connectivity index (χ3v) is 8.57. The molecule has 2 heteroatoms. The van der Waals surface area contributed by atoms with Gasteiger partial charge in [0.1, 0.15) is 5.78 Å². The van der Waals surface area contributed by atoms with E-state index in [0.29, 0.717) is 17.1 Å². The minimum absolute atomic E-state index is 0.117. The molecule has 7 atom stereocenters. The molecule has 0 radical (unpaired) electrons. The van der Waals surface area contributed by atoms with E-state index in [-0.39, 0.29) is 11.5 Å². The van der Waals surface area contributed by atoms with Crippen LogP contribution in [0.25, 0.3) is 0 Å². The predicted octanol–water partition coefficient (Wildman–Crippen LogP) is 4.52. The van der Waals surface area contributed by atoms with Crippen LogP contribution in [0.2, 0.25) is 0 Å². The zero-order chi connectivity index (χ0) is 16.4. The molecule has 5 unspecified atom stereocenters. The second-order valence-corrected chi connectivity index (χ2v) is 9.44. The van der Waals surface area contributed by atoms with Crippen molar-refractivity contribution in [3.05, 3.63) is 11.6 Å². The molecule has 0 aromatic rings. The van der Waals surface area contributed by atoms with E-state index >= 15 is 0 Å². The Morgan fingerprint density at radius 2 is 1.91 bits per heavy atom. The maximum atomic E-state index is 12.2. The molecular weight excluding hydrogens is 284 g/mol. The van der Waals surface area contributed by atoms with Crippen molar-refractivity contribution in [2.24, 2.45) is 34.5 Å². The van der Waals surface area contributed by atoms with Gasteiger partial charge < -0.3 is 5.11 Å². The summed E-state index contributed by atoms with van der Waals surface area (Å²) in [6, 6.07) is 0. The molecule has 0 spiro atoms. The van der Waals surface area contributed by atoms with Gasteiger partial charge in [0, 0.05) is 5.92 Å². The highest BCUT2D eigenvalue weighted by molar-refractivity contribution is 5.79. The van der Waals surface area contributed by atoms with Crippen LogP contribution in [0.15, 0.2) is 11.6 Å². The number of fused-ring (bicyclic) bond motifs is 5. The van der Waals surface area contributed by atoms with Crippen LogP contribution in [0.5, 0.6) is 0 Å². The fourth-order valence-electron chi connectivity index (χ4n) is 7.31. The standard InChI is InChI=1S/C21H32O2/c1-13(22)17-6-7-18-16-5-4-14-12-15(23)8-10-20(14,2)19(16)9-11-21(17,18)3/h4,15-19,23H,5-12H2,1-3H3/t15-,16?,17?,18?,19?,20?,21+/m0/s1. The lowest BCUT2D eigenvalue weighted by atomic mass is 9.47. The number of aliphatic hydroxyl groups excluding tert-OH is 1. The van der Waals surface area contributed by atoms with Crippen LogP contribution >= 0.6 is 0 Å². The van der Waals surface area contributed by atoms with Crippen molar-refractivity contribution in [2.45, 2.75) is 78.2 Å². The Morgan fingerprint density at radius 1 is 1.13 bits per heavy atom. The van der Waals surface area contributed by atoms with Crippen LogP contribution in [-0.4, -0.2) is 17.0 Å². The van der Waals surface area contributed by atoms with Crippen molar-refractivity contribution in [1.29, 1.82) is 0 Å². The van der Waals surface area contributed by atoms with Gasteiger partial charge in [-0.2, -0.15) is 0 Å². The van der Waals surface area contributed by atoms with Gasteiger partial charge in [-0.3, -0.25) is 4.79 Å². The molecule has 0 heterocycles. The summed E-state index contributed by atoms with van der Waals surface area (Å²) in [5, 5.41) is 10.1. The van der Waals surface area contributed by atoms with Gasteiger partial charge in [-0.25, -0.2) is 0 Å². The summed E-state index contributed by atoms with van der Waals surface area (Å²) in [5.41, 5.74) is 2.11. The average molecular weight is 316 g/mol. The normalized spacial score (nSPS) is 52.2. The van der Waals surface area contributed by atoms with Crippen LogP contribution in [0, 0.1) is 34.5 Å². The largest absolute Gasteiger partial charge is 0.393 e. The highest BCUT2D eigenvalue weighted by Gasteiger charge is 2.59. The Bertz CT molecular complexity index is 550. The minimum Gasteiger partial charge on any atom is -0.393 e. The molecule has 0 bridgehead atoms. The first-order valence-corrected chi connectivity index (χ1v) is 9.74. The first kappa shape index (κ1) is 15.9. The van der Waals surface area contributed by atoms with Gasteiger partial charge in [0.25, 0.3) is 0 Å². The number of hydrogen-bond donors (Lipinski definition) is 1. The molecule has 0 amide bonds. The van der Waals surface area contributed by atoms with Gasteiger partial charge in [0.2, 0.25) is 0 Å². The summed E-state index contributed by atoms with van der Waals surface area (Å²) < 4.78 is 0. The lowest BCUT2D eigenvalue weighted by molar-refractivity contribution is -0.127. The molecule has 2 nitrogen and oxygen atoms in total. The smallest absolute Gasteiger partial charge is 0.133 e. The molecule has 1 N–H and O–H groups in total. The summed E-state index contributed by atoms with van der Waals surface area (Å²) in [7, 11) is 0. The Kier molecular flexibility index (Phi) is 3.58. The monoisotopic (exact) mass is 316 g/mol. The zero-order valence-electron chi connectivity index (χ0n) is 15.0. The second-order valence-electron chi connectivity index (χ2n) is 9.44. The van der Waals surface area contributed by atoms with Gasteiger partial charge in [-0.05, 0) is 86.9 Å². The maximum Gasteiger partial charge on any atom is 0.133 e. The Labute approximate surface area is 140 Å². The summed E-state index contributed by atoms with van der Waals surface area (Å²) in [5.74, 6) is 3.00. The van der Waals surface area contributed by atoms with E-state index in [1.807, 2.05) is 6.92 Å². The van der Waals surface area contributed by atoms with Crippen molar-refractivity contribution in [3.8, 4) is 0 Å². The highest BCUT2D eigenvalue weighted by atomic mass is 16.3. The third-order valence-electron chi connectivity index (χ3n) is 8.57. The van der Waals surface area contributed by atoms with E-state index in [2.05, 4.69) is 19.9 Å². The van der Waals surface area contributed by atoms with Gasteiger partial charge in [0.05, 0.1) is 6.10 Å². The van der Waals surface area contributed by atoms with E-state index in [1.54, 1.807) is 5.57 Å². The third kappa shape index (κ3) is 2.13. The number of rotatable bonds is 1. The van der Waals surface area contributed by atoms with Crippen LogP contribution < -0.4 is 0 Å². The number of hydrogen-bond acceptors (Lipinski definition) is 2. The van der Waals surface area contributed by atoms with Crippen molar-refractivity contribution in [3.63, 3.8) is 0 Å². The Balaban J connectivity index is 1.66. The lowest BCUT2D eigenvalue weighted by Crippen LogP contribution is -2.50. The fourth-order valence-corrected chi connectivity index (χ4v) is 7.31. The van der Waals surface area contributed by atoms with E-state index in [0.717, 1.165) is 43.4 Å². The SMILES string of the molecule is CC(=O)C1CCC2C3CC=C4C[C@@H](O)CCC4(C)C3CC[C@]12C. The van der Waals surface area contributed by atoms with Gasteiger partial charge in [-0.1, -0.05) is 25.5 Å². The number of aliphatic hydroxyl groups is 1. The van der Waals surface area contributed by atoms with E-state index < -0.39 is 0 Å². The van der Waals surface area contributed by atoms with Crippen molar-refractivity contribution in [1.82, 2.24) is 0 Å². The summed E-state index contributed by atoms with van der Waals surface area (Å²) >= 11 is 0. The molecule has 3 fully saturated rings. The zero-order valence-corrected chi connectivity index (χ0v) is 15.0. The predicted molar refractivity (Wildman–Crippen MR) is 91.9 cm³/mol. The molecule has 128 valence electrons. The average Bonchev–Trinajstić information content (AvgIpc) is 2.85. The minimum atomic E-state index is -0.117. The van der Waals surface area contributed by atoms with Gasteiger partial charge in [-0.15, -0.1) is 0 Å². The molecular formula is C21H32O2. The van der Waals surface area contributed by atoms with Crippen LogP contribution in [0.1, 0.15) is 72.1 Å². The number of allylic oxidation sites excluding steroid dienone is 1. The number of Topliss-reactive ketones (excluding diaryl/α,β-unsaturated/α-hetero) is 1. The highest BCUT2D eigenvalue weighted by Crippen LogP contribution is 2.66. The van der Waals surface area contributed by atoms with Crippen molar-refractivity contribution >= 4 is 5.78 Å². The summed E-state index contributed by atoms with van der Waals surface area (Å²) in [6.07, 6.45) is 11.5. The molecule has 4 rings (SSSR count). The molecule has 4 aliphatic rings.